The Morgan fingerprint density at radius 3 is 2.70 bits per heavy atom. The molecule has 9 heteroatoms. The number of aromatic hydroxyl groups is 1. The maximum atomic E-state index is 14.1. The summed E-state index contributed by atoms with van der Waals surface area (Å²) in [7, 11) is 0. The van der Waals surface area contributed by atoms with E-state index < -0.39 is 30.2 Å². The Morgan fingerprint density at radius 2 is 2.03 bits per heavy atom. The number of nitriles is 1. The van der Waals surface area contributed by atoms with E-state index in [0.717, 1.165) is 0 Å². The Balaban J connectivity index is 1.89. The quantitative estimate of drug-likeness (QED) is 0.596. The summed E-state index contributed by atoms with van der Waals surface area (Å²) >= 11 is 0. The molecule has 1 aliphatic heterocycles. The van der Waals surface area contributed by atoms with Crippen molar-refractivity contribution in [1.82, 2.24) is 0 Å². The monoisotopic (exact) mass is 417 g/mol. The predicted molar refractivity (Wildman–Crippen MR) is 102 cm³/mol. The molecular weight excluding hydrogens is 399 g/mol. The lowest BCUT2D eigenvalue weighted by Crippen LogP contribution is -2.55. The number of rotatable bonds is 2. The van der Waals surface area contributed by atoms with Crippen molar-refractivity contribution in [3.63, 3.8) is 0 Å². The molecule has 0 radical (unpaired) electrons. The van der Waals surface area contributed by atoms with Gasteiger partial charge in [-0.15, -0.1) is 0 Å². The van der Waals surface area contributed by atoms with E-state index in [9.17, 15) is 33.4 Å². The highest BCUT2D eigenvalue weighted by Crippen LogP contribution is 2.54. The van der Waals surface area contributed by atoms with Gasteiger partial charge in [0.05, 0.1) is 18.0 Å². The fraction of sp³-hybridized carbons (Fsp3) is 0.333. The lowest BCUT2D eigenvalue weighted by atomic mass is 9.70. The molecule has 0 saturated heterocycles. The second kappa shape index (κ2) is 6.64. The van der Waals surface area contributed by atoms with E-state index in [-0.39, 0.29) is 40.5 Å². The zero-order chi connectivity index (χ0) is 21.8. The molecule has 156 valence electrons. The summed E-state index contributed by atoms with van der Waals surface area (Å²) in [6, 6.07) is 7.50. The average Bonchev–Trinajstić information content (AvgIpc) is 3.05. The van der Waals surface area contributed by atoms with Gasteiger partial charge in [-0.05, 0) is 36.1 Å². The van der Waals surface area contributed by atoms with Gasteiger partial charge in [0.25, 0.3) is 0 Å². The zero-order valence-electron chi connectivity index (χ0n) is 15.8. The fourth-order valence-corrected chi connectivity index (χ4v) is 4.44. The number of hydrogen-bond acceptors (Lipinski definition) is 5. The van der Waals surface area contributed by atoms with E-state index in [1.807, 2.05) is 6.07 Å². The topological polar surface area (TPSA) is 105 Å². The number of benzene rings is 2. The maximum absolute atomic E-state index is 14.1. The lowest BCUT2D eigenvalue weighted by Gasteiger charge is -2.45. The van der Waals surface area contributed by atoms with Crippen LogP contribution in [0.1, 0.15) is 47.6 Å². The Morgan fingerprint density at radius 1 is 1.30 bits per heavy atom. The van der Waals surface area contributed by atoms with E-state index in [1.54, 1.807) is 12.1 Å². The van der Waals surface area contributed by atoms with Crippen LogP contribution in [-0.4, -0.2) is 27.9 Å². The molecule has 0 fully saturated rings. The van der Waals surface area contributed by atoms with Crippen molar-refractivity contribution in [2.45, 2.75) is 43.5 Å². The number of carbonyl (C=O) groups excluding carboxylic acids is 1. The van der Waals surface area contributed by atoms with Crippen LogP contribution >= 0.6 is 0 Å². The minimum Gasteiger partial charge on any atom is -0.506 e. The SMILES string of the molecule is CC1C[C@](O)(C(F)(F)F)C(Nc2cccc3c2CC(=O)N3)c2ccc(C#N)c(O)c21. The first-order chi connectivity index (χ1) is 14.1. The number of phenols is 1. The fourth-order valence-electron chi connectivity index (χ4n) is 4.44. The standard InChI is InChI=1S/C21H18F3N3O3/c1-10-8-20(30,21(22,23)24)19(12-6-5-11(9-25)18(29)17(10)12)27-15-4-2-3-14-13(15)7-16(28)26-14/h2-6,10,19,27,29-30H,7-8H2,1H3,(H,26,28)/t10?,19?,20-/m1/s1. The van der Waals surface area contributed by atoms with Gasteiger partial charge in [0, 0.05) is 22.5 Å². The maximum Gasteiger partial charge on any atom is 0.419 e. The first kappa shape index (κ1) is 20.0. The van der Waals surface area contributed by atoms with Crippen LogP contribution in [0.25, 0.3) is 0 Å². The van der Waals surface area contributed by atoms with Gasteiger partial charge in [0.2, 0.25) is 5.91 Å². The number of alkyl halides is 3. The van der Waals surface area contributed by atoms with Crippen LogP contribution in [0.15, 0.2) is 30.3 Å². The van der Waals surface area contributed by atoms with Crippen molar-refractivity contribution in [2.75, 3.05) is 10.6 Å². The van der Waals surface area contributed by atoms with Crippen molar-refractivity contribution in [3.05, 3.63) is 52.6 Å². The molecule has 0 bridgehead atoms. The molecule has 0 saturated carbocycles. The molecule has 1 heterocycles. The third-order valence-corrected chi connectivity index (χ3v) is 5.85. The summed E-state index contributed by atoms with van der Waals surface area (Å²) in [5.74, 6) is -1.50. The number of phenolic OH excluding ortho intramolecular Hbond substituents is 1. The molecule has 0 spiro atoms. The van der Waals surface area contributed by atoms with Crippen molar-refractivity contribution in [3.8, 4) is 11.8 Å². The summed E-state index contributed by atoms with van der Waals surface area (Å²) in [5.41, 5.74) is -1.64. The smallest absolute Gasteiger partial charge is 0.419 e. The Kier molecular flexibility index (Phi) is 4.43. The molecule has 30 heavy (non-hydrogen) atoms. The van der Waals surface area contributed by atoms with Gasteiger partial charge in [-0.1, -0.05) is 19.1 Å². The molecule has 3 atom stereocenters. The summed E-state index contributed by atoms with van der Waals surface area (Å²) in [6.45, 7) is 1.47. The van der Waals surface area contributed by atoms with Gasteiger partial charge in [-0.2, -0.15) is 18.4 Å². The highest BCUT2D eigenvalue weighted by molar-refractivity contribution is 6.01. The van der Waals surface area contributed by atoms with Crippen molar-refractivity contribution < 1.29 is 28.2 Å². The average molecular weight is 417 g/mol. The summed E-state index contributed by atoms with van der Waals surface area (Å²) in [4.78, 5) is 11.8. The van der Waals surface area contributed by atoms with E-state index >= 15 is 0 Å². The number of hydrogen-bond donors (Lipinski definition) is 4. The highest BCUT2D eigenvalue weighted by atomic mass is 19.4. The number of nitrogens with one attached hydrogen (secondary N) is 2. The van der Waals surface area contributed by atoms with Gasteiger partial charge < -0.3 is 20.8 Å². The molecule has 2 aromatic rings. The second-order valence-electron chi connectivity index (χ2n) is 7.74. The van der Waals surface area contributed by atoms with Crippen molar-refractivity contribution in [1.29, 1.82) is 5.26 Å². The third-order valence-electron chi connectivity index (χ3n) is 5.85. The molecule has 2 unspecified atom stereocenters. The number of amides is 1. The molecule has 6 nitrogen and oxygen atoms in total. The molecule has 2 aliphatic rings. The predicted octanol–water partition coefficient (Wildman–Crippen LogP) is 3.71. The summed E-state index contributed by atoms with van der Waals surface area (Å²) in [5, 5.41) is 35.9. The van der Waals surface area contributed by atoms with Crippen LogP contribution in [0.2, 0.25) is 0 Å². The Bertz CT molecular complexity index is 1090. The number of anilines is 2. The first-order valence-electron chi connectivity index (χ1n) is 9.30. The summed E-state index contributed by atoms with van der Waals surface area (Å²) < 4.78 is 42.2. The Hall–Kier alpha value is -3.25. The highest BCUT2D eigenvalue weighted by Gasteiger charge is 2.62. The van der Waals surface area contributed by atoms with Crippen molar-refractivity contribution in [2.24, 2.45) is 0 Å². The van der Waals surface area contributed by atoms with Crippen LogP contribution in [0.3, 0.4) is 0 Å². The largest absolute Gasteiger partial charge is 0.506 e. The lowest BCUT2D eigenvalue weighted by molar-refractivity contribution is -0.272. The van der Waals surface area contributed by atoms with Crippen LogP contribution < -0.4 is 10.6 Å². The van der Waals surface area contributed by atoms with E-state index in [4.69, 9.17) is 0 Å². The first-order valence-corrected chi connectivity index (χ1v) is 9.30. The number of aliphatic hydroxyl groups is 1. The molecule has 4 rings (SSSR count). The number of nitrogens with zero attached hydrogens (tertiary/aromatic N) is 1. The third kappa shape index (κ3) is 2.87. The Labute approximate surface area is 170 Å². The van der Waals surface area contributed by atoms with E-state index in [1.165, 1.54) is 25.1 Å². The minimum atomic E-state index is -4.97. The zero-order valence-corrected chi connectivity index (χ0v) is 15.8. The van der Waals surface area contributed by atoms with Crippen LogP contribution in [0.5, 0.6) is 5.75 Å². The van der Waals surface area contributed by atoms with Gasteiger partial charge in [0.15, 0.2) is 5.60 Å². The molecule has 1 amide bonds. The van der Waals surface area contributed by atoms with Gasteiger partial charge in [-0.3, -0.25) is 4.79 Å². The van der Waals surface area contributed by atoms with Crippen LogP contribution in [0, 0.1) is 11.3 Å². The summed E-state index contributed by atoms with van der Waals surface area (Å²) in [6.07, 6.45) is -5.67. The van der Waals surface area contributed by atoms with Gasteiger partial charge in [0.1, 0.15) is 11.8 Å². The minimum absolute atomic E-state index is 0.00243. The molecule has 2 aromatic carbocycles. The van der Waals surface area contributed by atoms with Crippen molar-refractivity contribution >= 4 is 17.3 Å². The second-order valence-corrected chi connectivity index (χ2v) is 7.74. The van der Waals surface area contributed by atoms with Gasteiger partial charge >= 0.3 is 6.18 Å². The molecule has 0 aromatic heterocycles. The van der Waals surface area contributed by atoms with E-state index in [2.05, 4.69) is 10.6 Å². The van der Waals surface area contributed by atoms with Crippen LogP contribution in [-0.2, 0) is 11.2 Å². The van der Waals surface area contributed by atoms with E-state index in [0.29, 0.717) is 11.3 Å². The number of halogens is 3. The number of carbonyl (C=O) groups is 1. The van der Waals surface area contributed by atoms with Crippen LogP contribution in [0.4, 0.5) is 24.5 Å². The normalized spacial score (nSPS) is 25.1. The molecule has 4 N–H and O–H groups in total. The molecule has 1 aliphatic carbocycles. The number of fused-ring (bicyclic) bond motifs is 2. The van der Waals surface area contributed by atoms with Gasteiger partial charge in [-0.25, -0.2) is 0 Å². The molecular formula is C21H18F3N3O3.